The van der Waals surface area contributed by atoms with Crippen molar-refractivity contribution in [1.82, 2.24) is 0 Å². The lowest BCUT2D eigenvalue weighted by Gasteiger charge is -2.34. The molecular weight excluding hydrogens is 483 g/mol. The average molecular weight is 509 g/mol. The number of nitrogens with zero attached hydrogens (tertiary/aromatic N) is 1. The Kier molecular flexibility index (Phi) is 7.45. The highest BCUT2D eigenvalue weighted by Gasteiger charge is 2.23. The first-order valence-corrected chi connectivity index (χ1v) is 11.7. The maximum Gasteiger partial charge on any atom is 0.248 e. The van der Waals surface area contributed by atoms with Gasteiger partial charge in [0.05, 0.1) is 12.8 Å². The van der Waals surface area contributed by atoms with Crippen molar-refractivity contribution >= 4 is 39.3 Å². The van der Waals surface area contributed by atoms with Gasteiger partial charge in [-0.25, -0.2) is 4.39 Å². The van der Waals surface area contributed by atoms with E-state index in [-0.39, 0.29) is 11.7 Å². The Labute approximate surface area is 202 Å². The summed E-state index contributed by atoms with van der Waals surface area (Å²) in [6, 6.07) is 20.7. The Bertz CT molecular complexity index is 1140. The van der Waals surface area contributed by atoms with Gasteiger partial charge in [-0.3, -0.25) is 4.79 Å². The van der Waals surface area contributed by atoms with Crippen molar-refractivity contribution in [2.24, 2.45) is 0 Å². The zero-order valence-corrected chi connectivity index (χ0v) is 20.0. The van der Waals surface area contributed by atoms with Crippen molar-refractivity contribution in [3.8, 4) is 5.75 Å². The molecule has 0 aromatic heterocycles. The fourth-order valence-electron chi connectivity index (χ4n) is 4.19. The van der Waals surface area contributed by atoms with Gasteiger partial charge in [-0.05, 0) is 88.3 Å². The van der Waals surface area contributed by atoms with Gasteiger partial charge in [-0.15, -0.1) is 0 Å². The lowest BCUT2D eigenvalue weighted by Crippen LogP contribution is -2.32. The number of hydrogen-bond acceptors (Lipinski definition) is 3. The van der Waals surface area contributed by atoms with Gasteiger partial charge in [0.25, 0.3) is 0 Å². The van der Waals surface area contributed by atoms with E-state index in [0.717, 1.165) is 37.2 Å². The molecule has 0 unspecified atom stereocenters. The number of methoxy groups -OCH3 is 1. The van der Waals surface area contributed by atoms with Crippen molar-refractivity contribution in [2.45, 2.75) is 18.8 Å². The van der Waals surface area contributed by atoms with Gasteiger partial charge in [-0.2, -0.15) is 0 Å². The number of piperidine rings is 1. The number of carbonyl (C=O) groups is 1. The van der Waals surface area contributed by atoms with Crippen molar-refractivity contribution in [3.63, 3.8) is 0 Å². The Hall–Kier alpha value is -3.12. The monoisotopic (exact) mass is 508 g/mol. The minimum Gasteiger partial charge on any atom is -0.496 e. The Morgan fingerprint density at radius 3 is 2.52 bits per heavy atom. The fraction of sp³-hybridized carbons (Fsp3) is 0.222. The van der Waals surface area contributed by atoms with Crippen molar-refractivity contribution in [1.29, 1.82) is 0 Å². The first-order chi connectivity index (χ1) is 16.0. The molecule has 170 valence electrons. The van der Waals surface area contributed by atoms with E-state index < -0.39 is 0 Å². The minimum atomic E-state index is -0.362. The molecule has 3 aromatic rings. The summed E-state index contributed by atoms with van der Waals surface area (Å²) in [6.45, 7) is 1.99. The number of carbonyl (C=O) groups excluding carboxylic acids is 1. The molecule has 33 heavy (non-hydrogen) atoms. The van der Waals surface area contributed by atoms with Gasteiger partial charge in [0, 0.05) is 29.3 Å². The number of nitrogens with one attached hydrogen (secondary N) is 1. The second-order valence-electron chi connectivity index (χ2n) is 8.04. The molecule has 0 aliphatic carbocycles. The van der Waals surface area contributed by atoms with E-state index in [1.54, 1.807) is 13.2 Å². The number of hydrogen-bond donors (Lipinski definition) is 1. The van der Waals surface area contributed by atoms with Crippen LogP contribution in [0.15, 0.2) is 77.3 Å². The summed E-state index contributed by atoms with van der Waals surface area (Å²) < 4.78 is 19.2. The molecule has 1 saturated heterocycles. The van der Waals surface area contributed by atoms with Crippen LogP contribution in [0.3, 0.4) is 0 Å². The highest BCUT2D eigenvalue weighted by molar-refractivity contribution is 9.10. The molecule has 0 atom stereocenters. The van der Waals surface area contributed by atoms with Crippen molar-refractivity contribution < 1.29 is 13.9 Å². The molecule has 6 heteroatoms. The summed E-state index contributed by atoms with van der Waals surface area (Å²) in [7, 11) is 1.73. The molecule has 0 spiro atoms. The fourth-order valence-corrected chi connectivity index (χ4v) is 4.64. The maximum absolute atomic E-state index is 13.2. The minimum absolute atomic E-state index is 0.273. The summed E-state index contributed by atoms with van der Waals surface area (Å²) in [5.74, 6) is 0.853. The molecule has 1 heterocycles. The Morgan fingerprint density at radius 1 is 1.09 bits per heavy atom. The van der Waals surface area contributed by atoms with Crippen LogP contribution in [0.2, 0.25) is 0 Å². The molecule has 1 aliphatic heterocycles. The van der Waals surface area contributed by atoms with Crippen LogP contribution in [0.5, 0.6) is 5.75 Å². The number of rotatable bonds is 6. The summed E-state index contributed by atoms with van der Waals surface area (Å²) in [5.41, 5.74) is 3.95. The van der Waals surface area contributed by atoms with Crippen LogP contribution in [0, 0.1) is 5.82 Å². The predicted molar refractivity (Wildman–Crippen MR) is 135 cm³/mol. The van der Waals surface area contributed by atoms with E-state index in [0.29, 0.717) is 16.1 Å². The van der Waals surface area contributed by atoms with Crippen LogP contribution in [0.25, 0.3) is 6.08 Å². The lowest BCUT2D eigenvalue weighted by molar-refractivity contribution is -0.111. The van der Waals surface area contributed by atoms with E-state index in [9.17, 15) is 9.18 Å². The maximum atomic E-state index is 13.2. The number of benzene rings is 3. The van der Waals surface area contributed by atoms with Gasteiger partial charge in [0.2, 0.25) is 5.91 Å². The smallest absolute Gasteiger partial charge is 0.248 e. The summed E-state index contributed by atoms with van der Waals surface area (Å²) >= 11 is 3.25. The zero-order valence-electron chi connectivity index (χ0n) is 18.4. The molecule has 0 radical (unpaired) electrons. The zero-order chi connectivity index (χ0) is 23.2. The predicted octanol–water partition coefficient (Wildman–Crippen LogP) is 6.63. The van der Waals surface area contributed by atoms with Gasteiger partial charge < -0.3 is 15.0 Å². The van der Waals surface area contributed by atoms with Crippen LogP contribution in [-0.4, -0.2) is 26.1 Å². The molecule has 1 aliphatic rings. The number of halogens is 2. The van der Waals surface area contributed by atoms with Crippen molar-refractivity contribution in [2.75, 3.05) is 30.4 Å². The molecule has 0 saturated carbocycles. The lowest BCUT2D eigenvalue weighted by atomic mass is 9.88. The molecule has 0 bridgehead atoms. The van der Waals surface area contributed by atoms with Crippen LogP contribution >= 0.6 is 15.9 Å². The topological polar surface area (TPSA) is 41.6 Å². The molecule has 1 amide bonds. The SMILES string of the molecule is COc1ccccc1C1CCN(c2ccc(/C=C/C(=O)Nc3ccc(F)cc3Br)cc2)CC1. The molecular formula is C27H26BrFN2O2. The van der Waals surface area contributed by atoms with Gasteiger partial charge in [-0.1, -0.05) is 30.3 Å². The van der Waals surface area contributed by atoms with E-state index in [2.05, 4.69) is 50.4 Å². The summed E-state index contributed by atoms with van der Waals surface area (Å²) in [4.78, 5) is 14.6. The third kappa shape index (κ3) is 5.82. The van der Waals surface area contributed by atoms with E-state index >= 15 is 0 Å². The summed E-state index contributed by atoms with van der Waals surface area (Å²) in [5, 5.41) is 2.74. The number of ether oxygens (including phenoxy) is 1. The normalized spacial score (nSPS) is 14.5. The summed E-state index contributed by atoms with van der Waals surface area (Å²) in [6.07, 6.45) is 5.41. The van der Waals surface area contributed by atoms with E-state index in [1.165, 1.54) is 35.5 Å². The average Bonchev–Trinajstić information content (AvgIpc) is 2.85. The second-order valence-corrected chi connectivity index (χ2v) is 8.90. The van der Waals surface area contributed by atoms with Crippen molar-refractivity contribution in [3.05, 3.63) is 94.2 Å². The standard InChI is InChI=1S/C27H26BrFN2O2/c1-33-26-5-3-2-4-23(26)20-14-16-31(17-15-20)22-10-6-19(7-11-22)8-13-27(32)30-25-12-9-21(29)18-24(25)28/h2-13,18,20H,14-17H2,1H3,(H,30,32)/b13-8+. The van der Waals surface area contributed by atoms with Crippen LogP contribution < -0.4 is 15.0 Å². The molecule has 1 N–H and O–H groups in total. The first kappa shape index (κ1) is 23.1. The molecule has 1 fully saturated rings. The third-order valence-electron chi connectivity index (χ3n) is 5.95. The number of para-hydroxylation sites is 1. The molecule has 4 nitrogen and oxygen atoms in total. The number of anilines is 2. The van der Waals surface area contributed by atoms with Gasteiger partial charge in [0.1, 0.15) is 11.6 Å². The highest BCUT2D eigenvalue weighted by Crippen LogP contribution is 2.35. The van der Waals surface area contributed by atoms with Crippen LogP contribution in [0.4, 0.5) is 15.8 Å². The third-order valence-corrected chi connectivity index (χ3v) is 6.60. The van der Waals surface area contributed by atoms with Gasteiger partial charge in [0.15, 0.2) is 0 Å². The Morgan fingerprint density at radius 2 is 1.82 bits per heavy atom. The number of amides is 1. The van der Waals surface area contributed by atoms with Crippen LogP contribution in [-0.2, 0) is 4.79 Å². The van der Waals surface area contributed by atoms with E-state index in [1.807, 2.05) is 24.3 Å². The first-order valence-electron chi connectivity index (χ1n) is 11.0. The van der Waals surface area contributed by atoms with Gasteiger partial charge >= 0.3 is 0 Å². The largest absolute Gasteiger partial charge is 0.496 e. The quantitative estimate of drug-likeness (QED) is 0.379. The Balaban J connectivity index is 1.32. The second kappa shape index (κ2) is 10.7. The van der Waals surface area contributed by atoms with E-state index in [4.69, 9.17) is 4.74 Å². The molecule has 3 aromatic carbocycles. The molecule has 4 rings (SSSR count). The van der Waals surface area contributed by atoms with Crippen LogP contribution in [0.1, 0.15) is 29.9 Å². The highest BCUT2D eigenvalue weighted by atomic mass is 79.9.